The average Bonchev–Trinajstić information content (AvgIpc) is 2.88. The molecule has 21 heavy (non-hydrogen) atoms. The Kier molecular flexibility index (Phi) is 5.65. The van der Waals surface area contributed by atoms with Gasteiger partial charge in [0.1, 0.15) is 5.54 Å². The third-order valence-corrected chi connectivity index (χ3v) is 5.09. The molecule has 2 rings (SSSR count). The van der Waals surface area contributed by atoms with Crippen LogP contribution >= 0.6 is 0 Å². The van der Waals surface area contributed by atoms with Gasteiger partial charge in [0.2, 0.25) is 11.8 Å². The lowest BCUT2D eigenvalue weighted by molar-refractivity contribution is -0.140. The minimum Gasteiger partial charge on any atom is -0.342 e. The molecule has 0 aromatic carbocycles. The van der Waals surface area contributed by atoms with E-state index in [4.69, 9.17) is 0 Å². The largest absolute Gasteiger partial charge is 0.342 e. The number of carbonyl (C=O) groups excluding carboxylic acids is 2. The molecular weight excluding hydrogens is 264 g/mol. The number of nitrogens with zero attached hydrogens (tertiary/aromatic N) is 1. The topological polar surface area (TPSA) is 49.4 Å². The number of hydrogen-bond donors (Lipinski definition) is 1. The van der Waals surface area contributed by atoms with Crippen LogP contribution in [0.25, 0.3) is 0 Å². The number of rotatable bonds is 6. The van der Waals surface area contributed by atoms with Gasteiger partial charge in [-0.2, -0.15) is 0 Å². The summed E-state index contributed by atoms with van der Waals surface area (Å²) in [6, 6.07) is 0.250. The van der Waals surface area contributed by atoms with Gasteiger partial charge in [-0.3, -0.25) is 9.59 Å². The fourth-order valence-electron chi connectivity index (χ4n) is 3.74. The molecule has 0 aromatic heterocycles. The van der Waals surface area contributed by atoms with Crippen molar-refractivity contribution in [3.63, 3.8) is 0 Å². The fraction of sp³-hybridized carbons (Fsp3) is 0.882. The van der Waals surface area contributed by atoms with Crippen LogP contribution in [-0.4, -0.2) is 34.8 Å². The first-order valence-electron chi connectivity index (χ1n) is 8.71. The maximum Gasteiger partial charge on any atom is 0.248 e. The number of amides is 2. The van der Waals surface area contributed by atoms with Gasteiger partial charge in [0.15, 0.2) is 0 Å². The maximum atomic E-state index is 13.0. The van der Waals surface area contributed by atoms with Gasteiger partial charge in [-0.15, -0.1) is 0 Å². The molecule has 1 N–H and O–H groups in total. The molecule has 2 amide bonds. The van der Waals surface area contributed by atoms with Crippen molar-refractivity contribution >= 4 is 11.8 Å². The molecule has 4 nitrogen and oxygen atoms in total. The summed E-state index contributed by atoms with van der Waals surface area (Å²) < 4.78 is 0. The van der Waals surface area contributed by atoms with Gasteiger partial charge in [0, 0.05) is 19.0 Å². The summed E-state index contributed by atoms with van der Waals surface area (Å²) in [5, 5.41) is 3.04. The molecule has 1 saturated heterocycles. The Bertz CT molecular complexity index is 375. The lowest BCUT2D eigenvalue weighted by Gasteiger charge is -2.35. The number of nitrogens with one attached hydrogen (secondary N) is 1. The van der Waals surface area contributed by atoms with E-state index in [0.29, 0.717) is 13.0 Å². The van der Waals surface area contributed by atoms with Crippen LogP contribution in [0.15, 0.2) is 0 Å². The van der Waals surface area contributed by atoms with E-state index in [0.717, 1.165) is 32.1 Å². The van der Waals surface area contributed by atoms with Gasteiger partial charge < -0.3 is 10.2 Å². The van der Waals surface area contributed by atoms with Crippen LogP contribution in [0, 0.1) is 0 Å². The molecule has 1 spiro atoms. The first-order chi connectivity index (χ1) is 10.1. The monoisotopic (exact) mass is 294 g/mol. The molecule has 1 aliphatic carbocycles. The Morgan fingerprint density at radius 2 is 1.90 bits per heavy atom. The zero-order valence-corrected chi connectivity index (χ0v) is 13.6. The number of unbranched alkanes of at least 4 members (excludes halogenated alkanes) is 3. The van der Waals surface area contributed by atoms with E-state index >= 15 is 0 Å². The Hall–Kier alpha value is -1.06. The van der Waals surface area contributed by atoms with Crippen LogP contribution in [0.1, 0.15) is 78.1 Å². The van der Waals surface area contributed by atoms with Crippen LogP contribution in [0.2, 0.25) is 0 Å². The number of carbonyl (C=O) groups is 2. The number of hydrogen-bond acceptors (Lipinski definition) is 2. The maximum absolute atomic E-state index is 13.0. The Labute approximate surface area is 128 Å². The second-order valence-corrected chi connectivity index (χ2v) is 6.78. The molecule has 1 aliphatic heterocycles. The summed E-state index contributed by atoms with van der Waals surface area (Å²) in [4.78, 5) is 26.9. The SMILES string of the molecule is CCCCCCC(C)N1CCC(=O)NC2(CCCC2)C1=O. The van der Waals surface area contributed by atoms with Crippen molar-refractivity contribution < 1.29 is 9.59 Å². The highest BCUT2D eigenvalue weighted by Gasteiger charge is 2.47. The third kappa shape index (κ3) is 3.78. The molecule has 1 unspecified atom stereocenters. The Balaban J connectivity index is 2.00. The molecule has 120 valence electrons. The minimum absolute atomic E-state index is 0.0472. The average molecular weight is 294 g/mol. The van der Waals surface area contributed by atoms with Crippen molar-refractivity contribution in [2.45, 2.75) is 89.6 Å². The second-order valence-electron chi connectivity index (χ2n) is 6.78. The molecule has 0 radical (unpaired) electrons. The van der Waals surface area contributed by atoms with Gasteiger partial charge in [0.05, 0.1) is 0 Å². The highest BCUT2D eigenvalue weighted by Crippen LogP contribution is 2.34. The molecule has 1 saturated carbocycles. The summed E-state index contributed by atoms with van der Waals surface area (Å²) in [5.74, 6) is 0.222. The molecule has 0 aromatic rings. The molecule has 1 heterocycles. The van der Waals surface area contributed by atoms with Crippen LogP contribution < -0.4 is 5.32 Å². The van der Waals surface area contributed by atoms with Crippen LogP contribution in [0.4, 0.5) is 0 Å². The second kappa shape index (κ2) is 7.28. The van der Waals surface area contributed by atoms with Crippen molar-refractivity contribution in [1.82, 2.24) is 10.2 Å². The lowest BCUT2D eigenvalue weighted by Crippen LogP contribution is -2.56. The zero-order valence-electron chi connectivity index (χ0n) is 13.6. The van der Waals surface area contributed by atoms with Gasteiger partial charge in [-0.1, -0.05) is 45.4 Å². The molecular formula is C17H30N2O2. The van der Waals surface area contributed by atoms with Crippen LogP contribution in [0.3, 0.4) is 0 Å². The van der Waals surface area contributed by atoms with E-state index in [1.165, 1.54) is 25.7 Å². The van der Waals surface area contributed by atoms with Crippen molar-refractivity contribution in [2.75, 3.05) is 6.54 Å². The summed E-state index contributed by atoms with van der Waals surface area (Å²) in [7, 11) is 0. The first kappa shape index (κ1) is 16.3. The Morgan fingerprint density at radius 1 is 1.19 bits per heavy atom. The summed E-state index contributed by atoms with van der Waals surface area (Å²) in [5.41, 5.74) is -0.578. The molecule has 4 heteroatoms. The van der Waals surface area contributed by atoms with E-state index in [9.17, 15) is 9.59 Å². The Morgan fingerprint density at radius 3 is 2.57 bits per heavy atom. The third-order valence-electron chi connectivity index (χ3n) is 5.09. The van der Waals surface area contributed by atoms with E-state index < -0.39 is 5.54 Å². The van der Waals surface area contributed by atoms with Gasteiger partial charge in [0.25, 0.3) is 0 Å². The van der Waals surface area contributed by atoms with Gasteiger partial charge in [-0.25, -0.2) is 0 Å². The lowest BCUT2D eigenvalue weighted by atomic mass is 9.94. The zero-order chi connectivity index (χ0) is 15.3. The normalized spacial score (nSPS) is 23.2. The van der Waals surface area contributed by atoms with E-state index in [1.807, 2.05) is 4.90 Å². The van der Waals surface area contributed by atoms with Crippen LogP contribution in [0.5, 0.6) is 0 Å². The molecule has 2 aliphatic rings. The van der Waals surface area contributed by atoms with E-state index in [2.05, 4.69) is 19.2 Å². The highest BCUT2D eigenvalue weighted by molar-refractivity contribution is 5.94. The molecule has 2 fully saturated rings. The minimum atomic E-state index is -0.578. The van der Waals surface area contributed by atoms with E-state index in [1.54, 1.807) is 0 Å². The van der Waals surface area contributed by atoms with Gasteiger partial charge in [-0.05, 0) is 26.2 Å². The summed E-state index contributed by atoms with van der Waals surface area (Å²) in [6.07, 6.45) is 10.1. The van der Waals surface area contributed by atoms with Crippen LogP contribution in [-0.2, 0) is 9.59 Å². The summed E-state index contributed by atoms with van der Waals surface area (Å²) in [6.45, 7) is 4.94. The smallest absolute Gasteiger partial charge is 0.248 e. The fourth-order valence-corrected chi connectivity index (χ4v) is 3.74. The predicted octanol–water partition coefficient (Wildman–Crippen LogP) is 3.01. The van der Waals surface area contributed by atoms with Gasteiger partial charge >= 0.3 is 0 Å². The van der Waals surface area contributed by atoms with Crippen molar-refractivity contribution in [3.05, 3.63) is 0 Å². The quantitative estimate of drug-likeness (QED) is 0.766. The first-order valence-corrected chi connectivity index (χ1v) is 8.71. The summed E-state index contributed by atoms with van der Waals surface area (Å²) >= 11 is 0. The molecule has 1 atom stereocenters. The van der Waals surface area contributed by atoms with Crippen molar-refractivity contribution in [3.8, 4) is 0 Å². The molecule has 0 bridgehead atoms. The van der Waals surface area contributed by atoms with Crippen molar-refractivity contribution in [1.29, 1.82) is 0 Å². The standard InChI is InChI=1S/C17H30N2O2/c1-3-4-5-6-9-14(2)19-13-10-15(20)18-17(16(19)21)11-7-8-12-17/h14H,3-13H2,1-2H3,(H,18,20). The highest BCUT2D eigenvalue weighted by atomic mass is 16.2. The van der Waals surface area contributed by atoms with Crippen molar-refractivity contribution in [2.24, 2.45) is 0 Å². The predicted molar refractivity (Wildman–Crippen MR) is 83.9 cm³/mol. The van der Waals surface area contributed by atoms with E-state index in [-0.39, 0.29) is 17.9 Å².